The van der Waals surface area contributed by atoms with Gasteiger partial charge in [-0.1, -0.05) is 41.9 Å². The topological polar surface area (TPSA) is 46.4 Å². The monoisotopic (exact) mass is 361 g/mol. The van der Waals surface area contributed by atoms with Gasteiger partial charge < -0.3 is 9.72 Å². The number of anilines is 1. The first-order valence-corrected chi connectivity index (χ1v) is 8.60. The number of nitrogens with zero attached hydrogens (tertiary/aromatic N) is 2. The molecule has 128 valence electrons. The summed E-state index contributed by atoms with van der Waals surface area (Å²) in [6.45, 7) is 1.92. The number of benzene rings is 2. The predicted molar refractivity (Wildman–Crippen MR) is 105 cm³/mol. The van der Waals surface area contributed by atoms with Crippen molar-refractivity contribution in [1.29, 1.82) is 0 Å². The summed E-state index contributed by atoms with van der Waals surface area (Å²) in [6.07, 6.45) is 3.74. The molecule has 1 N–H and O–H groups in total. The lowest BCUT2D eigenvalue weighted by atomic mass is 10.1. The number of rotatable bonds is 3. The lowest BCUT2D eigenvalue weighted by Gasteiger charge is -2.08. The van der Waals surface area contributed by atoms with E-state index >= 15 is 0 Å². The Morgan fingerprint density at radius 3 is 2.73 bits per heavy atom. The molecule has 0 aliphatic rings. The van der Waals surface area contributed by atoms with Crippen LogP contribution in [0.4, 0.5) is 5.69 Å². The molecule has 2 aromatic carbocycles. The third-order valence-corrected chi connectivity index (χ3v) is 4.44. The second kappa shape index (κ2) is 6.65. The summed E-state index contributed by atoms with van der Waals surface area (Å²) in [7, 11) is 0. The number of carbonyl (C=O) groups is 1. The molecule has 0 saturated carbocycles. The SMILES string of the molecule is Cc1ccccc1C(=O)Nc1cccc(-c2cn3cc(Cl)ccc3n2)c1. The molecule has 0 spiro atoms. The number of hydrogen-bond donors (Lipinski definition) is 1. The molecule has 4 nitrogen and oxygen atoms in total. The summed E-state index contributed by atoms with van der Waals surface area (Å²) >= 11 is 6.03. The highest BCUT2D eigenvalue weighted by Crippen LogP contribution is 2.24. The van der Waals surface area contributed by atoms with Crippen molar-refractivity contribution < 1.29 is 4.79 Å². The minimum atomic E-state index is -0.123. The first kappa shape index (κ1) is 16.4. The van der Waals surface area contributed by atoms with Crippen molar-refractivity contribution in [2.75, 3.05) is 5.32 Å². The van der Waals surface area contributed by atoms with Crippen LogP contribution in [-0.2, 0) is 0 Å². The Kier molecular flexibility index (Phi) is 4.19. The van der Waals surface area contributed by atoms with Gasteiger partial charge in [-0.05, 0) is 42.8 Å². The average molecular weight is 362 g/mol. The quantitative estimate of drug-likeness (QED) is 0.544. The maximum Gasteiger partial charge on any atom is 0.255 e. The first-order valence-electron chi connectivity index (χ1n) is 8.22. The molecule has 0 saturated heterocycles. The number of nitrogens with one attached hydrogen (secondary N) is 1. The van der Waals surface area contributed by atoms with Crippen molar-refractivity contribution in [1.82, 2.24) is 9.38 Å². The second-order valence-corrected chi connectivity index (χ2v) is 6.53. The molecule has 0 atom stereocenters. The summed E-state index contributed by atoms with van der Waals surface area (Å²) in [6, 6.07) is 18.9. The molecular formula is C21H16ClN3O. The fourth-order valence-corrected chi connectivity index (χ4v) is 3.05. The number of aromatic nitrogens is 2. The number of imidazole rings is 1. The average Bonchev–Trinajstić information content (AvgIpc) is 3.05. The molecule has 0 bridgehead atoms. The molecular weight excluding hydrogens is 346 g/mol. The van der Waals surface area contributed by atoms with Gasteiger partial charge in [0.1, 0.15) is 5.65 Å². The van der Waals surface area contributed by atoms with Crippen LogP contribution in [0.15, 0.2) is 73.1 Å². The second-order valence-electron chi connectivity index (χ2n) is 6.09. The Balaban J connectivity index is 1.64. The van der Waals surface area contributed by atoms with Crippen LogP contribution in [0.25, 0.3) is 16.9 Å². The third-order valence-electron chi connectivity index (χ3n) is 4.22. The number of aryl methyl sites for hydroxylation is 1. The Hall–Kier alpha value is -3.11. The molecule has 1 amide bonds. The summed E-state index contributed by atoms with van der Waals surface area (Å²) in [4.78, 5) is 17.1. The van der Waals surface area contributed by atoms with E-state index in [9.17, 15) is 4.79 Å². The minimum absolute atomic E-state index is 0.123. The smallest absolute Gasteiger partial charge is 0.255 e. The van der Waals surface area contributed by atoms with Gasteiger partial charge >= 0.3 is 0 Å². The molecule has 26 heavy (non-hydrogen) atoms. The van der Waals surface area contributed by atoms with Crippen LogP contribution in [0.1, 0.15) is 15.9 Å². The number of halogens is 1. The summed E-state index contributed by atoms with van der Waals surface area (Å²) in [5.74, 6) is -0.123. The Labute approximate surface area is 156 Å². The predicted octanol–water partition coefficient (Wildman–Crippen LogP) is 5.22. The van der Waals surface area contributed by atoms with Crippen molar-refractivity contribution in [3.63, 3.8) is 0 Å². The van der Waals surface area contributed by atoms with Gasteiger partial charge in [0.15, 0.2) is 0 Å². The van der Waals surface area contributed by atoms with Crippen molar-refractivity contribution in [3.8, 4) is 11.3 Å². The molecule has 0 aliphatic carbocycles. The summed E-state index contributed by atoms with van der Waals surface area (Å²) in [5.41, 5.74) is 4.90. The summed E-state index contributed by atoms with van der Waals surface area (Å²) < 4.78 is 1.89. The van der Waals surface area contributed by atoms with Crippen LogP contribution >= 0.6 is 11.6 Å². The Morgan fingerprint density at radius 1 is 1.04 bits per heavy atom. The number of pyridine rings is 1. The largest absolute Gasteiger partial charge is 0.322 e. The van der Waals surface area contributed by atoms with Crippen LogP contribution in [-0.4, -0.2) is 15.3 Å². The summed E-state index contributed by atoms with van der Waals surface area (Å²) in [5, 5.41) is 3.61. The highest BCUT2D eigenvalue weighted by Gasteiger charge is 2.10. The fraction of sp³-hybridized carbons (Fsp3) is 0.0476. The molecule has 0 radical (unpaired) electrons. The van der Waals surface area contributed by atoms with Crippen LogP contribution < -0.4 is 5.32 Å². The Bertz CT molecular complexity index is 1120. The molecule has 0 aliphatic heterocycles. The van der Waals surface area contributed by atoms with E-state index in [4.69, 9.17) is 11.6 Å². The molecule has 0 fully saturated rings. The van der Waals surface area contributed by atoms with E-state index in [2.05, 4.69) is 10.3 Å². The lowest BCUT2D eigenvalue weighted by molar-refractivity contribution is 0.102. The standard InChI is InChI=1S/C21H16ClN3O/c1-14-5-2-3-8-18(14)21(26)23-17-7-4-6-15(11-17)19-13-25-12-16(22)9-10-20(25)24-19/h2-13H,1H3,(H,23,26). The van der Waals surface area contributed by atoms with E-state index in [-0.39, 0.29) is 5.91 Å². The Morgan fingerprint density at radius 2 is 1.88 bits per heavy atom. The van der Waals surface area contributed by atoms with Crippen molar-refractivity contribution in [3.05, 3.63) is 89.2 Å². The first-order chi connectivity index (χ1) is 12.6. The van der Waals surface area contributed by atoms with Gasteiger partial charge in [0, 0.05) is 29.2 Å². The highest BCUT2D eigenvalue weighted by molar-refractivity contribution is 6.30. The van der Waals surface area contributed by atoms with E-state index in [0.717, 1.165) is 28.2 Å². The maximum atomic E-state index is 12.5. The zero-order valence-corrected chi connectivity index (χ0v) is 14.9. The van der Waals surface area contributed by atoms with Crippen LogP contribution in [0, 0.1) is 6.92 Å². The number of fused-ring (bicyclic) bond motifs is 1. The molecule has 4 aromatic rings. The van der Waals surface area contributed by atoms with Gasteiger partial charge in [-0.2, -0.15) is 0 Å². The maximum absolute atomic E-state index is 12.5. The van der Waals surface area contributed by atoms with Gasteiger partial charge in [0.2, 0.25) is 0 Å². The molecule has 2 heterocycles. The van der Waals surface area contributed by atoms with E-state index < -0.39 is 0 Å². The van der Waals surface area contributed by atoms with Crippen LogP contribution in [0.2, 0.25) is 5.02 Å². The van der Waals surface area contributed by atoms with Crippen LogP contribution in [0.5, 0.6) is 0 Å². The molecule has 0 unspecified atom stereocenters. The molecule has 5 heteroatoms. The number of carbonyl (C=O) groups excluding carboxylic acids is 1. The molecule has 2 aromatic heterocycles. The zero-order valence-electron chi connectivity index (χ0n) is 14.1. The van der Waals surface area contributed by atoms with Gasteiger partial charge in [-0.15, -0.1) is 0 Å². The van der Waals surface area contributed by atoms with Crippen molar-refractivity contribution in [2.45, 2.75) is 6.92 Å². The number of hydrogen-bond acceptors (Lipinski definition) is 2. The number of amides is 1. The van der Waals surface area contributed by atoms with Crippen molar-refractivity contribution in [2.24, 2.45) is 0 Å². The zero-order chi connectivity index (χ0) is 18.1. The van der Waals surface area contributed by atoms with Gasteiger partial charge in [-0.3, -0.25) is 4.79 Å². The van der Waals surface area contributed by atoms with Gasteiger partial charge in [0.05, 0.1) is 10.7 Å². The van der Waals surface area contributed by atoms with Gasteiger partial charge in [-0.25, -0.2) is 4.98 Å². The minimum Gasteiger partial charge on any atom is -0.322 e. The van der Waals surface area contributed by atoms with E-state index in [1.165, 1.54) is 0 Å². The molecule has 4 rings (SSSR count). The van der Waals surface area contributed by atoms with E-state index in [1.54, 1.807) is 0 Å². The highest BCUT2D eigenvalue weighted by atomic mass is 35.5. The fourth-order valence-electron chi connectivity index (χ4n) is 2.89. The van der Waals surface area contributed by atoms with E-state index in [0.29, 0.717) is 10.6 Å². The van der Waals surface area contributed by atoms with Gasteiger partial charge in [0.25, 0.3) is 5.91 Å². The third kappa shape index (κ3) is 3.19. The van der Waals surface area contributed by atoms with E-state index in [1.807, 2.05) is 84.4 Å². The normalized spacial score (nSPS) is 10.8. The van der Waals surface area contributed by atoms with Crippen LogP contribution in [0.3, 0.4) is 0 Å². The van der Waals surface area contributed by atoms with Crippen molar-refractivity contribution >= 4 is 28.8 Å². The lowest BCUT2D eigenvalue weighted by Crippen LogP contribution is -2.13.